The van der Waals surface area contributed by atoms with Crippen molar-refractivity contribution < 1.29 is 19.4 Å². The fourth-order valence-electron chi connectivity index (χ4n) is 1.94. The van der Waals surface area contributed by atoms with Gasteiger partial charge in [0.05, 0.1) is 12.5 Å². The van der Waals surface area contributed by atoms with Crippen LogP contribution in [0, 0.1) is 0 Å². The molecule has 6 heteroatoms. The number of hydrogen-bond acceptors (Lipinski definition) is 4. The fourth-order valence-corrected chi connectivity index (χ4v) is 2.71. The lowest BCUT2D eigenvalue weighted by Crippen LogP contribution is -2.37. The van der Waals surface area contributed by atoms with Crippen molar-refractivity contribution in [3.8, 4) is 0 Å². The lowest BCUT2D eigenvalue weighted by atomic mass is 10.1. The molecule has 1 aromatic heterocycles. The van der Waals surface area contributed by atoms with Crippen molar-refractivity contribution in [2.24, 2.45) is 0 Å². The minimum Gasteiger partial charge on any atom is -0.481 e. The molecule has 1 aliphatic heterocycles. The zero-order valence-corrected chi connectivity index (χ0v) is 10.6. The van der Waals surface area contributed by atoms with Gasteiger partial charge in [-0.15, -0.1) is 11.3 Å². The van der Waals surface area contributed by atoms with Crippen molar-refractivity contribution in [2.75, 3.05) is 6.61 Å². The molecular formula is C12H15NO4S. The lowest BCUT2D eigenvalue weighted by molar-refractivity contribution is -0.138. The van der Waals surface area contributed by atoms with E-state index in [4.69, 9.17) is 9.84 Å². The SMILES string of the molecule is O=C(O)C[C@@H](NC(=O)[C@H]1CCCO1)c1cccs1. The molecule has 2 N–H and O–H groups in total. The Morgan fingerprint density at radius 1 is 1.61 bits per heavy atom. The summed E-state index contributed by atoms with van der Waals surface area (Å²) in [6.07, 6.45) is 1.04. The fraction of sp³-hybridized carbons (Fsp3) is 0.500. The molecule has 2 rings (SSSR count). The number of hydrogen-bond donors (Lipinski definition) is 2. The van der Waals surface area contributed by atoms with Gasteiger partial charge in [-0.25, -0.2) is 0 Å². The van der Waals surface area contributed by atoms with Crippen molar-refractivity contribution >= 4 is 23.2 Å². The predicted molar refractivity (Wildman–Crippen MR) is 66.4 cm³/mol. The molecule has 2 heterocycles. The van der Waals surface area contributed by atoms with E-state index in [9.17, 15) is 9.59 Å². The molecule has 5 nitrogen and oxygen atoms in total. The average Bonchev–Trinajstić information content (AvgIpc) is 3.01. The van der Waals surface area contributed by atoms with Gasteiger partial charge >= 0.3 is 5.97 Å². The summed E-state index contributed by atoms with van der Waals surface area (Å²) < 4.78 is 5.28. The third-order valence-electron chi connectivity index (χ3n) is 2.80. The van der Waals surface area contributed by atoms with Gasteiger partial charge < -0.3 is 15.2 Å². The van der Waals surface area contributed by atoms with Crippen LogP contribution in [-0.2, 0) is 14.3 Å². The van der Waals surface area contributed by atoms with Crippen LogP contribution in [-0.4, -0.2) is 29.7 Å². The Bertz CT molecular complexity index is 412. The molecule has 1 amide bonds. The largest absolute Gasteiger partial charge is 0.481 e. The van der Waals surface area contributed by atoms with Crippen LogP contribution < -0.4 is 5.32 Å². The Hall–Kier alpha value is -1.40. The molecule has 1 fully saturated rings. The standard InChI is InChI=1S/C12H15NO4S/c14-11(15)7-8(10-4-2-6-18-10)13-12(16)9-3-1-5-17-9/h2,4,6,8-9H,1,3,5,7H2,(H,13,16)(H,14,15)/t8-,9-/m1/s1. The molecule has 0 saturated carbocycles. The Kier molecular flexibility index (Phi) is 4.33. The molecular weight excluding hydrogens is 254 g/mol. The summed E-state index contributed by atoms with van der Waals surface area (Å²) in [4.78, 5) is 23.6. The number of nitrogens with one attached hydrogen (secondary N) is 1. The van der Waals surface area contributed by atoms with E-state index < -0.39 is 18.1 Å². The van der Waals surface area contributed by atoms with E-state index in [0.29, 0.717) is 13.0 Å². The molecule has 0 bridgehead atoms. The number of amides is 1. The lowest BCUT2D eigenvalue weighted by Gasteiger charge is -2.18. The highest BCUT2D eigenvalue weighted by molar-refractivity contribution is 7.10. The van der Waals surface area contributed by atoms with E-state index >= 15 is 0 Å². The molecule has 0 aromatic carbocycles. The highest BCUT2D eigenvalue weighted by atomic mass is 32.1. The van der Waals surface area contributed by atoms with E-state index in [0.717, 1.165) is 11.3 Å². The van der Waals surface area contributed by atoms with E-state index in [1.165, 1.54) is 11.3 Å². The maximum absolute atomic E-state index is 11.9. The van der Waals surface area contributed by atoms with Crippen molar-refractivity contribution in [2.45, 2.75) is 31.4 Å². The normalized spacial score (nSPS) is 20.6. The number of thiophene rings is 1. The van der Waals surface area contributed by atoms with E-state index in [1.54, 1.807) is 0 Å². The van der Waals surface area contributed by atoms with Gasteiger partial charge in [-0.2, -0.15) is 0 Å². The molecule has 1 saturated heterocycles. The Morgan fingerprint density at radius 3 is 3.00 bits per heavy atom. The second-order valence-corrected chi connectivity index (χ2v) is 5.16. The molecule has 2 atom stereocenters. The van der Waals surface area contributed by atoms with Gasteiger partial charge in [0.2, 0.25) is 5.91 Å². The first-order valence-corrected chi connectivity index (χ1v) is 6.72. The van der Waals surface area contributed by atoms with Crippen molar-refractivity contribution in [1.29, 1.82) is 0 Å². The summed E-state index contributed by atoms with van der Waals surface area (Å²) in [6.45, 7) is 0.598. The first-order valence-electron chi connectivity index (χ1n) is 5.84. The smallest absolute Gasteiger partial charge is 0.305 e. The zero-order valence-electron chi connectivity index (χ0n) is 9.80. The van der Waals surface area contributed by atoms with Gasteiger partial charge in [0.15, 0.2) is 0 Å². The highest BCUT2D eigenvalue weighted by Gasteiger charge is 2.27. The quantitative estimate of drug-likeness (QED) is 0.850. The molecule has 0 unspecified atom stereocenters. The van der Waals surface area contributed by atoms with Gasteiger partial charge in [-0.1, -0.05) is 6.07 Å². The summed E-state index contributed by atoms with van der Waals surface area (Å²) in [6, 6.07) is 3.19. The molecule has 0 aliphatic carbocycles. The van der Waals surface area contributed by atoms with Crippen molar-refractivity contribution in [3.63, 3.8) is 0 Å². The number of aliphatic carboxylic acids is 1. The van der Waals surface area contributed by atoms with Gasteiger partial charge in [0.1, 0.15) is 6.10 Å². The summed E-state index contributed by atoms with van der Waals surface area (Å²) in [5, 5.41) is 13.5. The van der Waals surface area contributed by atoms with Crippen LogP contribution in [0.4, 0.5) is 0 Å². The van der Waals surface area contributed by atoms with E-state index in [1.807, 2.05) is 17.5 Å². The second-order valence-electron chi connectivity index (χ2n) is 4.18. The number of carbonyl (C=O) groups excluding carboxylic acids is 1. The zero-order chi connectivity index (χ0) is 13.0. The first-order chi connectivity index (χ1) is 8.66. The van der Waals surface area contributed by atoms with Crippen LogP contribution in [0.25, 0.3) is 0 Å². The van der Waals surface area contributed by atoms with Gasteiger partial charge in [0, 0.05) is 11.5 Å². The molecule has 18 heavy (non-hydrogen) atoms. The van der Waals surface area contributed by atoms with Crippen LogP contribution >= 0.6 is 11.3 Å². The maximum Gasteiger partial charge on any atom is 0.305 e. The van der Waals surface area contributed by atoms with Crippen molar-refractivity contribution in [3.05, 3.63) is 22.4 Å². The van der Waals surface area contributed by atoms with Crippen LogP contribution in [0.15, 0.2) is 17.5 Å². The number of ether oxygens (including phenoxy) is 1. The number of rotatable bonds is 5. The van der Waals surface area contributed by atoms with Crippen LogP contribution in [0.5, 0.6) is 0 Å². The molecule has 1 aliphatic rings. The van der Waals surface area contributed by atoms with Crippen LogP contribution in [0.1, 0.15) is 30.2 Å². The van der Waals surface area contributed by atoms with E-state index in [2.05, 4.69) is 5.32 Å². The maximum atomic E-state index is 11.9. The third kappa shape index (κ3) is 3.30. The number of carboxylic acids is 1. The second kappa shape index (κ2) is 5.97. The van der Waals surface area contributed by atoms with Gasteiger partial charge in [0.25, 0.3) is 0 Å². The van der Waals surface area contributed by atoms with Gasteiger partial charge in [-0.05, 0) is 24.3 Å². The summed E-state index contributed by atoms with van der Waals surface area (Å²) in [7, 11) is 0. The Morgan fingerprint density at radius 2 is 2.44 bits per heavy atom. The predicted octanol–water partition coefficient (Wildman–Crippen LogP) is 1.56. The van der Waals surface area contributed by atoms with Crippen molar-refractivity contribution in [1.82, 2.24) is 5.32 Å². The summed E-state index contributed by atoms with van der Waals surface area (Å²) in [5.41, 5.74) is 0. The van der Waals surface area contributed by atoms with Crippen LogP contribution in [0.3, 0.4) is 0 Å². The summed E-state index contributed by atoms with van der Waals surface area (Å²) in [5.74, 6) is -1.15. The topological polar surface area (TPSA) is 75.6 Å². The van der Waals surface area contributed by atoms with E-state index in [-0.39, 0.29) is 12.3 Å². The minimum atomic E-state index is -0.930. The molecule has 1 aromatic rings. The van der Waals surface area contributed by atoms with Gasteiger partial charge in [-0.3, -0.25) is 9.59 Å². The summed E-state index contributed by atoms with van der Waals surface area (Å²) >= 11 is 1.44. The average molecular weight is 269 g/mol. The number of carbonyl (C=O) groups is 2. The Balaban J connectivity index is 2.00. The highest BCUT2D eigenvalue weighted by Crippen LogP contribution is 2.23. The third-order valence-corrected chi connectivity index (χ3v) is 3.79. The first kappa shape index (κ1) is 13.0. The monoisotopic (exact) mass is 269 g/mol. The number of carboxylic acid groups (broad SMARTS) is 1. The minimum absolute atomic E-state index is 0.112. The van der Waals surface area contributed by atoms with Crippen LogP contribution in [0.2, 0.25) is 0 Å². The molecule has 0 spiro atoms. The Labute approximate surface area is 109 Å². The molecule has 0 radical (unpaired) electrons. The molecule has 98 valence electrons.